The Hall–Kier alpha value is -4.01. The lowest BCUT2D eigenvalue weighted by atomic mass is 10.1. The predicted octanol–water partition coefficient (Wildman–Crippen LogP) is 2.58. The van der Waals surface area contributed by atoms with Gasteiger partial charge in [-0.1, -0.05) is 12.1 Å². The molecule has 150 valence electrons. The number of nitrogens with one attached hydrogen (secondary N) is 1. The smallest absolute Gasteiger partial charge is 0.212 e. The molecule has 5 N–H and O–H groups in total. The fourth-order valence-electron chi connectivity index (χ4n) is 2.57. The van der Waals surface area contributed by atoms with Crippen molar-refractivity contribution < 1.29 is 9.47 Å². The number of anilines is 2. The lowest BCUT2D eigenvalue weighted by Crippen LogP contribution is -2.06. The van der Waals surface area contributed by atoms with Gasteiger partial charge in [-0.15, -0.1) is 0 Å². The van der Waals surface area contributed by atoms with Crippen LogP contribution in [0.4, 0.5) is 11.6 Å². The van der Waals surface area contributed by atoms with Gasteiger partial charge in [0, 0.05) is 23.4 Å². The number of ether oxygens (including phenoxy) is 2. The largest absolute Gasteiger partial charge is 0.497 e. The molecule has 3 aromatic heterocycles. The van der Waals surface area contributed by atoms with Gasteiger partial charge in [0.25, 0.3) is 0 Å². The molecule has 0 aliphatic heterocycles. The van der Waals surface area contributed by atoms with Crippen LogP contribution in [0.3, 0.4) is 0 Å². The minimum absolute atomic E-state index is 0.568. The van der Waals surface area contributed by atoms with Crippen LogP contribution < -0.4 is 20.9 Å². The van der Waals surface area contributed by atoms with Crippen molar-refractivity contribution in [1.82, 2.24) is 25.0 Å². The molecular formula is C20H23N7O2. The van der Waals surface area contributed by atoms with Crippen molar-refractivity contribution in [1.29, 1.82) is 0 Å². The fourth-order valence-corrected chi connectivity index (χ4v) is 2.57. The van der Waals surface area contributed by atoms with Gasteiger partial charge in [-0.05, 0) is 29.8 Å². The zero-order valence-electron chi connectivity index (χ0n) is 16.2. The monoisotopic (exact) mass is 393 g/mol. The van der Waals surface area contributed by atoms with E-state index in [0.717, 1.165) is 22.4 Å². The Morgan fingerprint density at radius 2 is 1.76 bits per heavy atom. The van der Waals surface area contributed by atoms with Gasteiger partial charge in [-0.25, -0.2) is 9.67 Å². The first-order valence-corrected chi connectivity index (χ1v) is 8.80. The van der Waals surface area contributed by atoms with Crippen molar-refractivity contribution >= 4 is 11.6 Å². The Balaban J connectivity index is 0.000000343. The van der Waals surface area contributed by atoms with E-state index in [1.54, 1.807) is 49.6 Å². The van der Waals surface area contributed by atoms with Crippen molar-refractivity contribution in [3.63, 3.8) is 0 Å². The number of H-pyrrole nitrogens is 1. The molecule has 0 aliphatic carbocycles. The highest BCUT2D eigenvalue weighted by atomic mass is 16.5. The summed E-state index contributed by atoms with van der Waals surface area (Å²) in [6.45, 7) is 0.597. The second kappa shape index (κ2) is 9.27. The number of benzene rings is 1. The number of nitrogen functional groups attached to an aromatic ring is 2. The van der Waals surface area contributed by atoms with E-state index in [4.69, 9.17) is 20.9 Å². The second-order valence-electron chi connectivity index (χ2n) is 6.05. The minimum Gasteiger partial charge on any atom is -0.497 e. The molecule has 9 nitrogen and oxygen atoms in total. The predicted molar refractivity (Wildman–Crippen MR) is 112 cm³/mol. The summed E-state index contributed by atoms with van der Waals surface area (Å²) in [5, 5.41) is 10.5. The van der Waals surface area contributed by atoms with E-state index in [-0.39, 0.29) is 0 Å². The normalized spacial score (nSPS) is 10.1. The Labute approximate surface area is 168 Å². The van der Waals surface area contributed by atoms with E-state index in [9.17, 15) is 0 Å². The number of methoxy groups -OCH3 is 2. The Kier molecular flexibility index (Phi) is 6.31. The molecule has 0 saturated heterocycles. The molecule has 9 heteroatoms. The van der Waals surface area contributed by atoms with Crippen LogP contribution in [-0.2, 0) is 6.54 Å². The molecule has 0 aliphatic rings. The zero-order valence-corrected chi connectivity index (χ0v) is 16.2. The van der Waals surface area contributed by atoms with E-state index < -0.39 is 0 Å². The van der Waals surface area contributed by atoms with E-state index in [1.807, 2.05) is 30.3 Å². The first-order chi connectivity index (χ1) is 14.1. The van der Waals surface area contributed by atoms with Crippen molar-refractivity contribution in [2.24, 2.45) is 0 Å². The van der Waals surface area contributed by atoms with Crippen LogP contribution >= 0.6 is 0 Å². The number of hydrogen-bond donors (Lipinski definition) is 3. The maximum atomic E-state index is 6.23. The van der Waals surface area contributed by atoms with Gasteiger partial charge in [0.2, 0.25) is 5.88 Å². The molecule has 0 spiro atoms. The number of pyridine rings is 1. The average molecular weight is 393 g/mol. The Bertz CT molecular complexity index is 1010. The third kappa shape index (κ3) is 5.04. The molecule has 29 heavy (non-hydrogen) atoms. The van der Waals surface area contributed by atoms with Crippen LogP contribution in [0.15, 0.2) is 61.1 Å². The molecule has 4 rings (SSSR count). The van der Waals surface area contributed by atoms with Gasteiger partial charge in [-0.2, -0.15) is 10.2 Å². The summed E-state index contributed by atoms with van der Waals surface area (Å²) < 4.78 is 12.0. The number of nitrogens with two attached hydrogens (primary N) is 2. The molecule has 3 heterocycles. The van der Waals surface area contributed by atoms with E-state index in [2.05, 4.69) is 20.3 Å². The van der Waals surface area contributed by atoms with Crippen molar-refractivity contribution in [3.05, 3.63) is 66.6 Å². The maximum Gasteiger partial charge on any atom is 0.212 e. The number of aromatic nitrogens is 5. The van der Waals surface area contributed by atoms with Crippen molar-refractivity contribution in [2.75, 3.05) is 25.7 Å². The molecule has 0 unspecified atom stereocenters. The second-order valence-corrected chi connectivity index (χ2v) is 6.05. The van der Waals surface area contributed by atoms with Crippen LogP contribution in [0, 0.1) is 0 Å². The topological polar surface area (TPSA) is 130 Å². The molecule has 0 amide bonds. The van der Waals surface area contributed by atoms with Crippen LogP contribution in [0.5, 0.6) is 11.6 Å². The summed E-state index contributed by atoms with van der Waals surface area (Å²) in [4.78, 5) is 4.20. The van der Waals surface area contributed by atoms with Gasteiger partial charge in [0.05, 0.1) is 33.2 Å². The highest BCUT2D eigenvalue weighted by Gasteiger charge is 2.10. The summed E-state index contributed by atoms with van der Waals surface area (Å²) >= 11 is 0. The van der Waals surface area contributed by atoms with Crippen LogP contribution in [0.1, 0.15) is 5.56 Å². The Morgan fingerprint density at radius 3 is 2.28 bits per heavy atom. The van der Waals surface area contributed by atoms with Gasteiger partial charge in [0.15, 0.2) is 0 Å². The molecule has 0 atom stereocenters. The zero-order chi connectivity index (χ0) is 20.6. The third-order valence-electron chi connectivity index (χ3n) is 4.15. The summed E-state index contributed by atoms with van der Waals surface area (Å²) in [5.74, 6) is 2.60. The lowest BCUT2D eigenvalue weighted by molar-refractivity contribution is 0.398. The Morgan fingerprint density at radius 1 is 0.966 bits per heavy atom. The third-order valence-corrected chi connectivity index (χ3v) is 4.15. The van der Waals surface area contributed by atoms with E-state index in [0.29, 0.717) is 24.1 Å². The van der Waals surface area contributed by atoms with E-state index in [1.165, 1.54) is 0 Å². The first-order valence-electron chi connectivity index (χ1n) is 8.80. The summed E-state index contributed by atoms with van der Waals surface area (Å²) in [7, 11) is 3.24. The van der Waals surface area contributed by atoms with Crippen LogP contribution in [0.2, 0.25) is 0 Å². The summed E-state index contributed by atoms with van der Waals surface area (Å²) in [6, 6.07) is 13.2. The molecule has 4 aromatic rings. The number of nitrogens with zero attached hydrogens (tertiary/aromatic N) is 4. The average Bonchev–Trinajstić information content (AvgIpc) is 3.38. The quantitative estimate of drug-likeness (QED) is 0.475. The van der Waals surface area contributed by atoms with Crippen molar-refractivity contribution in [3.8, 4) is 22.8 Å². The number of rotatable bonds is 5. The standard InChI is InChI=1S/C17H18N4O2.C3H5N3/c1-22-14-6-3-12(4-7-14)11-21-17(18)15(10-20-21)13-5-8-16(23-2)19-9-13;4-3-1-2-5-6-3/h3-10H,11,18H2,1-2H3;1-2H,(H3,4,5,6). The van der Waals surface area contributed by atoms with Crippen LogP contribution in [-0.4, -0.2) is 39.2 Å². The SMILES string of the molecule is COc1ccc(Cn2ncc(-c3ccc(OC)nc3)c2N)cc1.Nc1ccn[nH]1. The molecule has 0 saturated carbocycles. The molecule has 0 radical (unpaired) electrons. The summed E-state index contributed by atoms with van der Waals surface area (Å²) in [6.07, 6.45) is 5.08. The first kappa shape index (κ1) is 19.7. The number of hydrogen-bond acceptors (Lipinski definition) is 7. The minimum atomic E-state index is 0.568. The summed E-state index contributed by atoms with van der Waals surface area (Å²) in [5.41, 5.74) is 14.2. The fraction of sp³-hybridized carbons (Fsp3) is 0.150. The maximum absolute atomic E-state index is 6.23. The van der Waals surface area contributed by atoms with Gasteiger partial charge in [0.1, 0.15) is 17.4 Å². The molecule has 0 fully saturated rings. The van der Waals surface area contributed by atoms with Crippen molar-refractivity contribution in [2.45, 2.75) is 6.54 Å². The van der Waals surface area contributed by atoms with Gasteiger partial charge in [-0.3, -0.25) is 5.10 Å². The van der Waals surface area contributed by atoms with Gasteiger partial charge < -0.3 is 20.9 Å². The van der Waals surface area contributed by atoms with E-state index >= 15 is 0 Å². The molecule has 1 aromatic carbocycles. The highest BCUT2D eigenvalue weighted by molar-refractivity contribution is 5.73. The van der Waals surface area contributed by atoms with Crippen LogP contribution in [0.25, 0.3) is 11.1 Å². The lowest BCUT2D eigenvalue weighted by Gasteiger charge is -2.07. The molecule has 0 bridgehead atoms. The molecular weight excluding hydrogens is 370 g/mol. The highest BCUT2D eigenvalue weighted by Crippen LogP contribution is 2.26. The van der Waals surface area contributed by atoms with Gasteiger partial charge >= 0.3 is 0 Å². The number of aromatic amines is 1.